The third-order valence-corrected chi connectivity index (χ3v) is 5.57. The summed E-state index contributed by atoms with van der Waals surface area (Å²) in [5.41, 5.74) is 2.30. The Kier molecular flexibility index (Phi) is 5.09. The average Bonchev–Trinajstić information content (AvgIpc) is 3.48. The zero-order valence-electron chi connectivity index (χ0n) is 16.7. The van der Waals surface area contributed by atoms with Gasteiger partial charge >= 0.3 is 6.61 Å². The van der Waals surface area contributed by atoms with Crippen LogP contribution in [-0.2, 0) is 0 Å². The van der Waals surface area contributed by atoms with Crippen molar-refractivity contribution in [2.75, 3.05) is 18.5 Å². The number of benzene rings is 1. The minimum absolute atomic E-state index is 0.0407. The summed E-state index contributed by atoms with van der Waals surface area (Å²) in [5, 5.41) is 19.7. The molecule has 0 amide bonds. The van der Waals surface area contributed by atoms with Gasteiger partial charge in [-0.3, -0.25) is 0 Å². The van der Waals surface area contributed by atoms with E-state index in [0.29, 0.717) is 29.5 Å². The molecular weight excluding hydrogens is 406 g/mol. The molecule has 1 fully saturated rings. The number of halogens is 2. The number of fused-ring (bicyclic) bond motifs is 1. The fourth-order valence-corrected chi connectivity index (χ4v) is 3.81. The highest BCUT2D eigenvalue weighted by atomic mass is 19.3. The van der Waals surface area contributed by atoms with Crippen LogP contribution in [0.4, 0.5) is 14.6 Å². The number of aromatic nitrogens is 3. The third-order valence-electron chi connectivity index (χ3n) is 5.57. The number of rotatable bonds is 7. The van der Waals surface area contributed by atoms with Gasteiger partial charge in [-0.05, 0) is 48.9 Å². The number of ether oxygens (including phenoxy) is 2. The molecule has 7 nitrogen and oxygen atoms in total. The first-order valence-corrected chi connectivity index (χ1v) is 10.3. The van der Waals surface area contributed by atoms with E-state index >= 15 is 0 Å². The molecule has 2 aliphatic rings. The molecule has 0 spiro atoms. The molecule has 1 aliphatic heterocycles. The zero-order valence-corrected chi connectivity index (χ0v) is 16.7. The number of pyridine rings is 1. The maximum atomic E-state index is 12.8. The first-order chi connectivity index (χ1) is 15.1. The Bertz CT molecular complexity index is 1080. The van der Waals surface area contributed by atoms with E-state index < -0.39 is 6.61 Å². The molecule has 1 aromatic carbocycles. The van der Waals surface area contributed by atoms with Crippen molar-refractivity contribution < 1.29 is 23.0 Å². The van der Waals surface area contributed by atoms with E-state index in [9.17, 15) is 14.0 Å². The molecule has 3 heterocycles. The maximum absolute atomic E-state index is 12.8. The van der Waals surface area contributed by atoms with Crippen LogP contribution in [-0.4, -0.2) is 29.5 Å². The van der Waals surface area contributed by atoms with E-state index in [2.05, 4.69) is 10.1 Å². The molecule has 5 rings (SSSR count). The lowest BCUT2D eigenvalue weighted by atomic mass is 10.0. The Labute approximate surface area is 177 Å². The molecule has 1 N–H and O–H groups in total. The van der Waals surface area contributed by atoms with E-state index in [-0.39, 0.29) is 11.8 Å². The fraction of sp³-hybridized carbons (Fsp3) is 0.364. The summed E-state index contributed by atoms with van der Waals surface area (Å²) in [7, 11) is 0. The van der Waals surface area contributed by atoms with Crippen molar-refractivity contribution in [3.8, 4) is 22.8 Å². The van der Waals surface area contributed by atoms with Crippen LogP contribution in [0.15, 0.2) is 48.8 Å². The van der Waals surface area contributed by atoms with Crippen LogP contribution in [0.5, 0.6) is 11.5 Å². The summed E-state index contributed by atoms with van der Waals surface area (Å²) in [6.45, 7) is -1.68. The number of hydrogen-bond donors (Lipinski definition) is 1. The Morgan fingerprint density at radius 3 is 2.84 bits per heavy atom. The lowest BCUT2D eigenvalue weighted by molar-refractivity contribution is -0.604. The number of alkyl halides is 2. The summed E-state index contributed by atoms with van der Waals surface area (Å²) in [5.74, 6) is 1.68. The highest BCUT2D eigenvalue weighted by molar-refractivity contribution is 5.62. The van der Waals surface area contributed by atoms with Gasteiger partial charge in [0, 0.05) is 18.7 Å². The normalized spacial score (nSPS) is 17.8. The molecule has 1 saturated carbocycles. The van der Waals surface area contributed by atoms with Gasteiger partial charge in [-0.15, -0.1) is 0 Å². The number of nitrogens with zero attached hydrogens (tertiary/aromatic N) is 3. The zero-order chi connectivity index (χ0) is 21.4. The van der Waals surface area contributed by atoms with E-state index in [1.54, 1.807) is 18.2 Å². The van der Waals surface area contributed by atoms with Crippen LogP contribution in [0, 0.1) is 11.1 Å². The molecule has 9 heteroatoms. The van der Waals surface area contributed by atoms with Crippen LogP contribution in [0.3, 0.4) is 0 Å². The first-order valence-electron chi connectivity index (χ1n) is 10.3. The minimum Gasteiger partial charge on any atom is -0.619 e. The SMILES string of the molecule is [O-][n+]1cccc(-c2cc3n(n2)C(c2ccc(OC(F)F)c(OCC4CC4)c2)CCN3)c1. The monoisotopic (exact) mass is 428 g/mol. The average molecular weight is 428 g/mol. The van der Waals surface area contributed by atoms with Crippen LogP contribution in [0.2, 0.25) is 0 Å². The topological polar surface area (TPSA) is 75.2 Å². The Hall–Kier alpha value is -3.36. The van der Waals surface area contributed by atoms with Crippen molar-refractivity contribution in [2.24, 2.45) is 5.92 Å². The second-order valence-corrected chi connectivity index (χ2v) is 7.88. The van der Waals surface area contributed by atoms with Gasteiger partial charge in [0.25, 0.3) is 0 Å². The smallest absolute Gasteiger partial charge is 0.387 e. The highest BCUT2D eigenvalue weighted by Gasteiger charge is 2.27. The van der Waals surface area contributed by atoms with Crippen molar-refractivity contribution >= 4 is 5.82 Å². The van der Waals surface area contributed by atoms with E-state index in [0.717, 1.165) is 41.9 Å². The molecule has 1 aliphatic carbocycles. The maximum Gasteiger partial charge on any atom is 0.387 e. The highest BCUT2D eigenvalue weighted by Crippen LogP contribution is 2.38. The standard InChI is InChI=1S/C22H22F2N4O3/c23-22(24)31-19-6-5-15(10-20(19)30-13-14-3-4-14)18-7-8-25-21-11-17(26-28(18)21)16-2-1-9-27(29)12-16/h1-2,5-6,9-12,14,18,22,25H,3-4,7-8,13H2. The number of hydrogen-bond acceptors (Lipinski definition) is 5. The van der Waals surface area contributed by atoms with Crippen molar-refractivity contribution in [3.05, 3.63) is 59.6 Å². The van der Waals surface area contributed by atoms with Crippen molar-refractivity contribution in [1.29, 1.82) is 0 Å². The summed E-state index contributed by atoms with van der Waals surface area (Å²) in [4.78, 5) is 0. The Morgan fingerprint density at radius 1 is 1.19 bits per heavy atom. The van der Waals surface area contributed by atoms with E-state index in [1.165, 1.54) is 18.5 Å². The minimum atomic E-state index is -2.91. The lowest BCUT2D eigenvalue weighted by Crippen LogP contribution is -2.24. The molecular formula is C22H22F2N4O3. The van der Waals surface area contributed by atoms with E-state index in [1.807, 2.05) is 16.8 Å². The predicted octanol–water partition coefficient (Wildman–Crippen LogP) is 3.98. The van der Waals surface area contributed by atoms with Gasteiger partial charge in [-0.2, -0.15) is 18.6 Å². The van der Waals surface area contributed by atoms with Crippen LogP contribution < -0.4 is 19.5 Å². The van der Waals surface area contributed by atoms with Gasteiger partial charge < -0.3 is 20.0 Å². The second kappa shape index (κ2) is 8.05. The van der Waals surface area contributed by atoms with Gasteiger partial charge in [0.1, 0.15) is 11.5 Å². The molecule has 0 radical (unpaired) electrons. The lowest BCUT2D eigenvalue weighted by Gasteiger charge is -2.26. The summed E-state index contributed by atoms with van der Waals surface area (Å²) >= 11 is 0. The largest absolute Gasteiger partial charge is 0.619 e. The van der Waals surface area contributed by atoms with Crippen molar-refractivity contribution in [1.82, 2.24) is 9.78 Å². The van der Waals surface area contributed by atoms with Gasteiger partial charge in [-0.1, -0.05) is 6.07 Å². The van der Waals surface area contributed by atoms with Crippen LogP contribution >= 0.6 is 0 Å². The molecule has 31 heavy (non-hydrogen) atoms. The van der Waals surface area contributed by atoms with Gasteiger partial charge in [-0.25, -0.2) is 4.68 Å². The van der Waals surface area contributed by atoms with Crippen LogP contribution in [0.1, 0.15) is 30.9 Å². The molecule has 2 aromatic heterocycles. The first kappa shape index (κ1) is 19.6. The second-order valence-electron chi connectivity index (χ2n) is 7.88. The Morgan fingerprint density at radius 2 is 2.06 bits per heavy atom. The summed E-state index contributed by atoms with van der Waals surface area (Å²) in [6, 6.07) is 10.4. The predicted molar refractivity (Wildman–Crippen MR) is 109 cm³/mol. The van der Waals surface area contributed by atoms with Crippen LogP contribution in [0.25, 0.3) is 11.3 Å². The fourth-order valence-electron chi connectivity index (χ4n) is 3.81. The molecule has 3 aromatic rings. The quantitative estimate of drug-likeness (QED) is 0.455. The summed E-state index contributed by atoms with van der Waals surface area (Å²) in [6.07, 6.45) is 5.86. The number of anilines is 1. The molecule has 162 valence electrons. The van der Waals surface area contributed by atoms with Gasteiger partial charge in [0.15, 0.2) is 23.9 Å². The molecule has 1 atom stereocenters. The Balaban J connectivity index is 1.47. The molecule has 0 saturated heterocycles. The van der Waals surface area contributed by atoms with Gasteiger partial charge in [0.05, 0.1) is 18.2 Å². The van der Waals surface area contributed by atoms with Crippen molar-refractivity contribution in [3.63, 3.8) is 0 Å². The third kappa shape index (κ3) is 4.26. The molecule has 0 bridgehead atoms. The summed E-state index contributed by atoms with van der Waals surface area (Å²) < 4.78 is 38.8. The molecule has 1 unspecified atom stereocenters. The van der Waals surface area contributed by atoms with Crippen molar-refractivity contribution in [2.45, 2.75) is 31.9 Å². The number of nitrogens with one attached hydrogen (secondary N) is 1. The van der Waals surface area contributed by atoms with E-state index in [4.69, 9.17) is 9.84 Å². The van der Waals surface area contributed by atoms with Gasteiger partial charge in [0.2, 0.25) is 0 Å².